The van der Waals surface area contributed by atoms with Crippen molar-refractivity contribution >= 4 is 38.0 Å². The Bertz CT molecular complexity index is 947. The molecule has 230 valence electrons. The van der Waals surface area contributed by atoms with Crippen molar-refractivity contribution in [3.05, 3.63) is 27.7 Å². The lowest BCUT2D eigenvalue weighted by Gasteiger charge is -2.50. The third-order valence-electron chi connectivity index (χ3n) is 5.46. The number of halogens is 2. The van der Waals surface area contributed by atoms with Gasteiger partial charge in [-0.15, -0.1) is 0 Å². The lowest BCUT2D eigenvalue weighted by atomic mass is 9.89. The van der Waals surface area contributed by atoms with Gasteiger partial charge in [-0.3, -0.25) is 0 Å². The number of alkyl carbamates (subject to hydrolysis) is 1. The highest BCUT2D eigenvalue weighted by molar-refractivity contribution is 7.17. The summed E-state index contributed by atoms with van der Waals surface area (Å²) < 4.78 is 41.9. The minimum atomic E-state index is -1.99. The normalized spacial score (nSPS) is 14.6. The fourth-order valence-corrected chi connectivity index (χ4v) is 4.89. The van der Waals surface area contributed by atoms with E-state index in [4.69, 9.17) is 46.7 Å². The largest absolute Gasteiger partial charge is 0.490 e. The third-order valence-corrected chi connectivity index (χ3v) is 6.33. The number of carbonyl (C=O) groups excluding carboxylic acids is 1. The van der Waals surface area contributed by atoms with E-state index in [0.717, 1.165) is 24.8 Å². The van der Waals surface area contributed by atoms with Crippen molar-refractivity contribution in [2.45, 2.75) is 137 Å². The van der Waals surface area contributed by atoms with Crippen LogP contribution in [-0.4, -0.2) is 41.0 Å². The van der Waals surface area contributed by atoms with Gasteiger partial charge in [0, 0.05) is 0 Å². The molecule has 0 bridgehead atoms. The van der Waals surface area contributed by atoms with Gasteiger partial charge in [-0.1, -0.05) is 43.0 Å². The number of benzene rings is 1. The lowest BCUT2D eigenvalue weighted by Crippen LogP contribution is -2.69. The van der Waals surface area contributed by atoms with Crippen molar-refractivity contribution in [3.63, 3.8) is 0 Å². The highest BCUT2D eigenvalue weighted by atomic mass is 35.5. The van der Waals surface area contributed by atoms with Crippen molar-refractivity contribution < 1.29 is 32.8 Å². The molecule has 0 fully saturated rings. The first kappa shape index (κ1) is 36.9. The molecule has 1 atom stereocenters. The average Bonchev–Trinajstić information content (AvgIpc) is 2.73. The highest BCUT2D eigenvalue weighted by Gasteiger charge is 2.58. The van der Waals surface area contributed by atoms with Gasteiger partial charge in [0.2, 0.25) is 0 Å². The van der Waals surface area contributed by atoms with Crippen LogP contribution in [0.15, 0.2) is 12.1 Å². The third kappa shape index (κ3) is 12.4. The van der Waals surface area contributed by atoms with Crippen LogP contribution >= 0.6 is 31.9 Å². The second kappa shape index (κ2) is 14.8. The van der Waals surface area contributed by atoms with Gasteiger partial charge in [0.15, 0.2) is 5.75 Å². The van der Waals surface area contributed by atoms with Crippen LogP contribution in [-0.2, 0) is 29.7 Å². The number of rotatable bonds is 14. The summed E-state index contributed by atoms with van der Waals surface area (Å²) in [5.41, 5.74) is -3.04. The second-order valence-corrected chi connectivity index (χ2v) is 14.2. The van der Waals surface area contributed by atoms with Crippen LogP contribution in [0.1, 0.15) is 107 Å². The fourth-order valence-electron chi connectivity index (χ4n) is 3.88. The van der Waals surface area contributed by atoms with Crippen LogP contribution in [0.5, 0.6) is 5.75 Å². The predicted octanol–water partition coefficient (Wildman–Crippen LogP) is 9.29. The maximum absolute atomic E-state index is 13.1. The Morgan fingerprint density at radius 2 is 1.40 bits per heavy atom. The van der Waals surface area contributed by atoms with Crippen LogP contribution < -0.4 is 10.1 Å². The molecule has 0 aliphatic rings. The zero-order valence-electron chi connectivity index (χ0n) is 26.0. The Balaban J connectivity index is 3.53. The lowest BCUT2D eigenvalue weighted by molar-refractivity contribution is -0.423. The summed E-state index contributed by atoms with van der Waals surface area (Å²) >= 11 is 13.1. The Morgan fingerprint density at radius 1 is 0.875 bits per heavy atom. The van der Waals surface area contributed by atoms with Gasteiger partial charge in [0.1, 0.15) is 11.1 Å². The van der Waals surface area contributed by atoms with E-state index in [1.807, 2.05) is 41.5 Å². The molecule has 1 N–H and O–H groups in total. The van der Waals surface area contributed by atoms with Crippen LogP contribution in [0.25, 0.3) is 0 Å². The molecule has 1 aromatic carbocycles. The minimum Gasteiger partial charge on any atom is -0.490 e. The van der Waals surface area contributed by atoms with Crippen LogP contribution in [0.3, 0.4) is 0 Å². The van der Waals surface area contributed by atoms with E-state index in [2.05, 4.69) is 12.2 Å². The molecular formula is C29H48Cl2NO7P. The zero-order chi connectivity index (χ0) is 31.0. The van der Waals surface area contributed by atoms with Gasteiger partial charge in [-0.2, -0.15) is 0 Å². The van der Waals surface area contributed by atoms with E-state index in [1.165, 1.54) is 0 Å². The molecule has 8 nitrogen and oxygen atoms in total. The predicted molar refractivity (Wildman–Crippen MR) is 161 cm³/mol. The van der Waals surface area contributed by atoms with Gasteiger partial charge < -0.3 is 24.3 Å². The first-order valence-corrected chi connectivity index (χ1v) is 15.2. The van der Waals surface area contributed by atoms with E-state index in [1.54, 1.807) is 39.8 Å². The smallest absolute Gasteiger partial charge is 0.408 e. The molecule has 1 amide bonds. The molecule has 0 aliphatic heterocycles. The molecule has 1 aromatic rings. The molecule has 0 aromatic heterocycles. The van der Waals surface area contributed by atoms with E-state index in [-0.39, 0.29) is 6.42 Å². The first-order chi connectivity index (χ1) is 18.2. The number of nitrogens with one attached hydrogen (secondary N) is 1. The van der Waals surface area contributed by atoms with Crippen molar-refractivity contribution in [2.24, 2.45) is 0 Å². The van der Waals surface area contributed by atoms with E-state index >= 15 is 0 Å². The molecule has 0 spiro atoms. The SMILES string of the molecule is CCCCCOc1c(Cl)cc(CC[C@@](C)(NC(=O)OC(C)(C)C)C(OP=O)(OC(C)(C)C)OC(C)(C)C)cc1Cl. The summed E-state index contributed by atoms with van der Waals surface area (Å²) in [6.45, 7) is 20.5. The fraction of sp³-hybridized carbons (Fsp3) is 0.759. The summed E-state index contributed by atoms with van der Waals surface area (Å²) in [5.74, 6) is -1.55. The highest BCUT2D eigenvalue weighted by Crippen LogP contribution is 2.43. The van der Waals surface area contributed by atoms with Crippen molar-refractivity contribution in [1.29, 1.82) is 0 Å². The molecule has 0 aliphatic carbocycles. The molecule has 0 radical (unpaired) electrons. The molecule has 0 unspecified atom stereocenters. The van der Waals surface area contributed by atoms with Crippen LogP contribution in [0.2, 0.25) is 10.0 Å². The molecular weight excluding hydrogens is 576 g/mol. The van der Waals surface area contributed by atoms with E-state index in [0.29, 0.717) is 28.8 Å². The molecule has 0 saturated carbocycles. The summed E-state index contributed by atoms with van der Waals surface area (Å²) in [7, 11) is -0.700. The van der Waals surface area contributed by atoms with Gasteiger partial charge in [-0.25, -0.2) is 13.9 Å². The number of aryl methyl sites for hydroxylation is 1. The molecule has 0 saturated heterocycles. The molecule has 11 heteroatoms. The summed E-state index contributed by atoms with van der Waals surface area (Å²) in [6.07, 6.45) is 2.89. The first-order valence-electron chi connectivity index (χ1n) is 13.7. The summed E-state index contributed by atoms with van der Waals surface area (Å²) in [5, 5.41) is 3.68. The summed E-state index contributed by atoms with van der Waals surface area (Å²) in [6, 6.07) is 3.56. The average molecular weight is 625 g/mol. The van der Waals surface area contributed by atoms with Gasteiger partial charge >= 0.3 is 20.8 Å². The number of hydrogen-bond acceptors (Lipinski definition) is 7. The monoisotopic (exact) mass is 623 g/mol. The Hall–Kier alpha value is -1.15. The van der Waals surface area contributed by atoms with E-state index < -0.39 is 43.1 Å². The van der Waals surface area contributed by atoms with Gasteiger partial charge in [-0.05, 0) is 106 Å². The van der Waals surface area contributed by atoms with Crippen LogP contribution in [0.4, 0.5) is 4.79 Å². The molecule has 0 heterocycles. The number of amides is 1. The Labute approximate surface area is 252 Å². The number of ether oxygens (including phenoxy) is 4. The zero-order valence-corrected chi connectivity index (χ0v) is 28.4. The molecule has 40 heavy (non-hydrogen) atoms. The number of hydrogen-bond donors (Lipinski definition) is 1. The van der Waals surface area contributed by atoms with Crippen LogP contribution in [0, 0.1) is 0 Å². The topological polar surface area (TPSA) is 92.3 Å². The maximum Gasteiger partial charge on any atom is 0.408 e. The second-order valence-electron chi connectivity index (χ2n) is 13.1. The van der Waals surface area contributed by atoms with E-state index in [9.17, 15) is 9.36 Å². The molecule has 1 rings (SSSR count). The van der Waals surface area contributed by atoms with Gasteiger partial charge in [0.05, 0.1) is 27.9 Å². The maximum atomic E-state index is 13.1. The quantitative estimate of drug-likeness (QED) is 0.125. The summed E-state index contributed by atoms with van der Waals surface area (Å²) in [4.78, 5) is 13.1. The van der Waals surface area contributed by atoms with Crippen molar-refractivity contribution in [1.82, 2.24) is 5.32 Å². The number of unbranched alkanes of at least 4 members (excludes halogenated alkanes) is 2. The Morgan fingerprint density at radius 3 is 1.82 bits per heavy atom. The minimum absolute atomic E-state index is 0.206. The standard InChI is InChI=1S/C29H48Cl2NO7P/c1-12-13-14-17-35-23-21(30)18-20(19-22(23)31)15-16-28(11,32-24(33)36-25(2,3)4)29(39-40-34,37-26(5,6)7)38-27(8,9)10/h18-19H,12-17H2,1-11H3,(H,32,33)/t28-/m1/s1. The van der Waals surface area contributed by atoms with Crippen molar-refractivity contribution in [2.75, 3.05) is 6.61 Å². The van der Waals surface area contributed by atoms with Gasteiger partial charge in [0.25, 0.3) is 0 Å². The Kier molecular flexibility index (Phi) is 13.7. The van der Waals surface area contributed by atoms with Crippen molar-refractivity contribution in [3.8, 4) is 5.75 Å². The number of carbonyl (C=O) groups is 1.